The van der Waals surface area contributed by atoms with Crippen LogP contribution in [0.4, 0.5) is 5.69 Å². The van der Waals surface area contributed by atoms with Crippen LogP contribution in [0.15, 0.2) is 24.3 Å². The summed E-state index contributed by atoms with van der Waals surface area (Å²) >= 11 is 0. The molecule has 0 atom stereocenters. The molecule has 1 heterocycles. The topological polar surface area (TPSA) is 73.5 Å². The number of piperidine rings is 1. The van der Waals surface area contributed by atoms with E-state index < -0.39 is 0 Å². The van der Waals surface area contributed by atoms with Gasteiger partial charge in [-0.1, -0.05) is 19.9 Å². The van der Waals surface area contributed by atoms with Crippen LogP contribution in [-0.2, 0) is 4.79 Å². The fraction of sp³-hybridized carbons (Fsp3) is 0.619. The summed E-state index contributed by atoms with van der Waals surface area (Å²) in [5, 5.41) is 9.22. The average molecular weight is 375 g/mol. The Morgan fingerprint density at radius 2 is 1.93 bits per heavy atom. The van der Waals surface area contributed by atoms with Crippen LogP contribution in [0.25, 0.3) is 0 Å². The van der Waals surface area contributed by atoms with E-state index >= 15 is 0 Å². The Morgan fingerprint density at radius 3 is 2.63 bits per heavy atom. The first-order chi connectivity index (χ1) is 13.1. The van der Waals surface area contributed by atoms with Crippen molar-refractivity contribution in [3.63, 3.8) is 0 Å². The molecule has 0 aliphatic carbocycles. The van der Waals surface area contributed by atoms with Crippen molar-refractivity contribution in [3.05, 3.63) is 29.8 Å². The summed E-state index contributed by atoms with van der Waals surface area (Å²) in [5.41, 5.74) is 1.26. The van der Waals surface area contributed by atoms with Crippen molar-refractivity contribution in [1.82, 2.24) is 15.5 Å². The number of nitrogens with one attached hydrogen (secondary N) is 3. The first-order valence-electron chi connectivity index (χ1n) is 10.2. The summed E-state index contributed by atoms with van der Waals surface area (Å²) < 4.78 is 0. The maximum Gasteiger partial charge on any atom is 0.251 e. The number of nitrogens with zero attached hydrogens (tertiary/aromatic N) is 1. The van der Waals surface area contributed by atoms with E-state index in [1.165, 1.54) is 0 Å². The van der Waals surface area contributed by atoms with Crippen LogP contribution in [0.2, 0.25) is 0 Å². The Bertz CT molecular complexity index is 596. The number of carbonyl (C=O) groups excluding carboxylic acids is 2. The van der Waals surface area contributed by atoms with Crippen molar-refractivity contribution in [3.8, 4) is 0 Å². The quantitative estimate of drug-likeness (QED) is 0.588. The summed E-state index contributed by atoms with van der Waals surface area (Å²) in [5.74, 6) is 0.556. The second kappa shape index (κ2) is 11.7. The lowest BCUT2D eigenvalue weighted by molar-refractivity contribution is -0.116. The second-order valence-electron chi connectivity index (χ2n) is 7.14. The average Bonchev–Trinajstić information content (AvgIpc) is 2.70. The fourth-order valence-corrected chi connectivity index (χ4v) is 3.44. The highest BCUT2D eigenvalue weighted by molar-refractivity contribution is 5.97. The Morgan fingerprint density at radius 1 is 1.19 bits per heavy atom. The summed E-state index contributed by atoms with van der Waals surface area (Å²) in [6, 6.07) is 7.16. The molecular formula is C21H34N4O2. The van der Waals surface area contributed by atoms with E-state index in [1.807, 2.05) is 12.1 Å². The van der Waals surface area contributed by atoms with Crippen molar-refractivity contribution >= 4 is 17.5 Å². The van der Waals surface area contributed by atoms with Crippen molar-refractivity contribution < 1.29 is 9.59 Å². The minimum atomic E-state index is -0.104. The zero-order valence-corrected chi connectivity index (χ0v) is 16.7. The third-order valence-corrected chi connectivity index (χ3v) is 5.25. The number of likely N-dealkylation sites (N-methyl/N-ethyl adjacent to an activating group) is 1. The van der Waals surface area contributed by atoms with Crippen molar-refractivity contribution in [2.75, 3.05) is 44.6 Å². The number of amides is 2. The monoisotopic (exact) mass is 374 g/mol. The van der Waals surface area contributed by atoms with Crippen LogP contribution in [0.3, 0.4) is 0 Å². The van der Waals surface area contributed by atoms with E-state index in [4.69, 9.17) is 0 Å². The highest BCUT2D eigenvalue weighted by Gasteiger charge is 2.15. The molecule has 0 radical (unpaired) electrons. The zero-order chi connectivity index (χ0) is 19.5. The molecule has 0 unspecified atom stereocenters. The van der Waals surface area contributed by atoms with Crippen LogP contribution < -0.4 is 16.0 Å². The van der Waals surface area contributed by atoms with E-state index in [1.54, 1.807) is 12.1 Å². The van der Waals surface area contributed by atoms with Crippen LogP contribution in [0.5, 0.6) is 0 Å². The number of rotatable bonds is 10. The van der Waals surface area contributed by atoms with Crippen molar-refractivity contribution in [1.29, 1.82) is 0 Å². The highest BCUT2D eigenvalue weighted by Crippen LogP contribution is 2.18. The molecule has 1 saturated heterocycles. The molecule has 2 rings (SSSR count). The van der Waals surface area contributed by atoms with E-state index in [-0.39, 0.29) is 11.8 Å². The molecule has 1 fully saturated rings. The van der Waals surface area contributed by atoms with Crippen molar-refractivity contribution in [2.45, 2.75) is 39.5 Å². The number of anilines is 1. The van der Waals surface area contributed by atoms with Gasteiger partial charge in [0.15, 0.2) is 0 Å². The van der Waals surface area contributed by atoms with Gasteiger partial charge in [-0.15, -0.1) is 0 Å². The van der Waals surface area contributed by atoms with E-state index in [0.717, 1.165) is 52.0 Å². The molecule has 0 aromatic heterocycles. The lowest BCUT2D eigenvalue weighted by Gasteiger charge is -2.22. The van der Waals surface area contributed by atoms with Gasteiger partial charge in [0.05, 0.1) is 0 Å². The standard InChI is InChI=1S/C21H34N4O2/c1-3-25(4-2)15-14-23-21(27)18-6-5-7-19(16-18)24-20(26)9-8-17-10-12-22-13-11-17/h5-7,16-17,22H,3-4,8-15H2,1-2H3,(H,23,27)(H,24,26). The molecule has 0 bridgehead atoms. The lowest BCUT2D eigenvalue weighted by atomic mass is 9.93. The molecular weight excluding hydrogens is 340 g/mol. The lowest BCUT2D eigenvalue weighted by Crippen LogP contribution is -2.34. The largest absolute Gasteiger partial charge is 0.351 e. The first-order valence-corrected chi connectivity index (χ1v) is 10.2. The van der Waals surface area contributed by atoms with Crippen molar-refractivity contribution in [2.24, 2.45) is 5.92 Å². The minimum Gasteiger partial charge on any atom is -0.351 e. The smallest absolute Gasteiger partial charge is 0.251 e. The molecule has 1 aromatic carbocycles. The zero-order valence-electron chi connectivity index (χ0n) is 16.7. The van der Waals surface area contributed by atoms with Crippen LogP contribution in [-0.4, -0.2) is 56.0 Å². The summed E-state index contributed by atoms with van der Waals surface area (Å²) in [4.78, 5) is 26.8. The molecule has 1 aliphatic heterocycles. The molecule has 1 aliphatic rings. The Balaban J connectivity index is 1.77. The van der Waals surface area contributed by atoms with Gasteiger partial charge < -0.3 is 20.9 Å². The molecule has 150 valence electrons. The van der Waals surface area contributed by atoms with Crippen LogP contribution >= 0.6 is 0 Å². The normalized spacial score (nSPS) is 14.9. The SMILES string of the molecule is CCN(CC)CCNC(=O)c1cccc(NC(=O)CCC2CCNCC2)c1. The number of benzene rings is 1. The third-order valence-electron chi connectivity index (χ3n) is 5.25. The molecule has 6 heteroatoms. The number of hydrogen-bond donors (Lipinski definition) is 3. The second-order valence-corrected chi connectivity index (χ2v) is 7.14. The minimum absolute atomic E-state index is 0.0209. The van der Waals surface area contributed by atoms with Crippen LogP contribution in [0, 0.1) is 5.92 Å². The first kappa shape index (κ1) is 21.4. The molecule has 27 heavy (non-hydrogen) atoms. The van der Waals surface area contributed by atoms with Gasteiger partial charge in [-0.3, -0.25) is 9.59 Å². The Labute approximate surface area is 163 Å². The highest BCUT2D eigenvalue weighted by atomic mass is 16.2. The molecule has 0 saturated carbocycles. The Hall–Kier alpha value is -1.92. The van der Waals surface area contributed by atoms with Gasteiger partial charge in [-0.05, 0) is 69.6 Å². The van der Waals surface area contributed by atoms with E-state index in [9.17, 15) is 9.59 Å². The van der Waals surface area contributed by atoms with Gasteiger partial charge >= 0.3 is 0 Å². The fourth-order valence-electron chi connectivity index (χ4n) is 3.44. The Kier molecular flexibility index (Phi) is 9.28. The van der Waals surface area contributed by atoms with Gasteiger partial charge in [0, 0.05) is 30.8 Å². The molecule has 2 amide bonds. The third kappa shape index (κ3) is 7.69. The molecule has 1 aromatic rings. The molecule has 3 N–H and O–H groups in total. The van der Waals surface area contributed by atoms with Gasteiger partial charge in [0.25, 0.3) is 5.91 Å². The molecule has 6 nitrogen and oxygen atoms in total. The van der Waals surface area contributed by atoms with E-state index in [0.29, 0.717) is 30.1 Å². The maximum atomic E-state index is 12.3. The summed E-state index contributed by atoms with van der Waals surface area (Å²) in [7, 11) is 0. The van der Waals surface area contributed by atoms with E-state index in [2.05, 4.69) is 34.7 Å². The molecule has 0 spiro atoms. The van der Waals surface area contributed by atoms with Gasteiger partial charge in [-0.2, -0.15) is 0 Å². The summed E-state index contributed by atoms with van der Waals surface area (Å²) in [6.07, 6.45) is 3.76. The maximum absolute atomic E-state index is 12.3. The predicted molar refractivity (Wildman–Crippen MR) is 110 cm³/mol. The van der Waals surface area contributed by atoms with Gasteiger partial charge in [0.1, 0.15) is 0 Å². The number of hydrogen-bond acceptors (Lipinski definition) is 4. The van der Waals surface area contributed by atoms with Crippen LogP contribution in [0.1, 0.15) is 49.9 Å². The number of carbonyl (C=O) groups is 2. The predicted octanol–water partition coefficient (Wildman–Crippen LogP) is 2.48. The summed E-state index contributed by atoms with van der Waals surface area (Å²) in [6.45, 7) is 9.75. The van der Waals surface area contributed by atoms with Gasteiger partial charge in [-0.25, -0.2) is 0 Å². The van der Waals surface area contributed by atoms with Gasteiger partial charge in [0.2, 0.25) is 5.91 Å².